The summed E-state index contributed by atoms with van der Waals surface area (Å²) in [6.07, 6.45) is -4.34. The van der Waals surface area contributed by atoms with Crippen molar-refractivity contribution >= 4 is 29.6 Å². The smallest absolute Gasteiger partial charge is 0.475 e. The average molecular weight is 415 g/mol. The fraction of sp³-hybridized carbons (Fsp3) is 0.353. The van der Waals surface area contributed by atoms with Gasteiger partial charge >= 0.3 is 12.1 Å². The zero-order chi connectivity index (χ0) is 21.9. The van der Waals surface area contributed by atoms with Crippen LogP contribution in [0.15, 0.2) is 18.2 Å². The number of fused-ring (bicyclic) bond motifs is 1. The lowest BCUT2D eigenvalue weighted by molar-refractivity contribution is -0.192. The number of aliphatic carboxylic acids is 1. The number of nitrogens with zero attached hydrogens (tertiary/aromatic N) is 1. The van der Waals surface area contributed by atoms with E-state index in [0.717, 1.165) is 4.90 Å². The minimum Gasteiger partial charge on any atom is -0.475 e. The number of hydrogen-bond acceptors (Lipinski definition) is 6. The molecule has 1 fully saturated rings. The molecule has 12 heteroatoms. The van der Waals surface area contributed by atoms with Gasteiger partial charge in [-0.05, 0) is 31.0 Å². The van der Waals surface area contributed by atoms with E-state index in [0.29, 0.717) is 29.7 Å². The number of carboxylic acid groups (broad SMARTS) is 1. The molecular formula is C17H16F3N3O6. The van der Waals surface area contributed by atoms with E-state index < -0.39 is 35.9 Å². The summed E-state index contributed by atoms with van der Waals surface area (Å²) in [5.41, 5.74) is 6.85. The Kier molecular flexibility index (Phi) is 6.37. The van der Waals surface area contributed by atoms with Crippen LogP contribution in [0.25, 0.3) is 0 Å². The maximum absolute atomic E-state index is 12.6. The van der Waals surface area contributed by atoms with Crippen LogP contribution in [0.1, 0.15) is 39.1 Å². The van der Waals surface area contributed by atoms with Gasteiger partial charge in [0.1, 0.15) is 6.04 Å². The average Bonchev–Trinajstić information content (AvgIpc) is 2.87. The van der Waals surface area contributed by atoms with Gasteiger partial charge in [0.2, 0.25) is 11.8 Å². The summed E-state index contributed by atoms with van der Waals surface area (Å²) in [7, 11) is 0. The number of carbonyl (C=O) groups excluding carboxylic acids is 4. The largest absolute Gasteiger partial charge is 0.490 e. The van der Waals surface area contributed by atoms with Crippen molar-refractivity contribution in [3.63, 3.8) is 0 Å². The molecule has 1 aromatic rings. The lowest BCUT2D eigenvalue weighted by atomic mass is 10.0. The first-order valence-electron chi connectivity index (χ1n) is 8.32. The van der Waals surface area contributed by atoms with Crippen LogP contribution >= 0.6 is 0 Å². The van der Waals surface area contributed by atoms with Gasteiger partial charge in [0.25, 0.3) is 11.8 Å². The van der Waals surface area contributed by atoms with Crippen LogP contribution < -0.4 is 11.1 Å². The third-order valence-corrected chi connectivity index (χ3v) is 4.21. The molecule has 0 aromatic heterocycles. The van der Waals surface area contributed by atoms with Gasteiger partial charge in [0.05, 0.1) is 11.1 Å². The number of nitrogens with one attached hydrogen (secondary N) is 1. The maximum Gasteiger partial charge on any atom is 0.490 e. The maximum atomic E-state index is 12.6. The van der Waals surface area contributed by atoms with E-state index in [1.807, 2.05) is 0 Å². The van der Waals surface area contributed by atoms with E-state index in [2.05, 4.69) is 5.32 Å². The van der Waals surface area contributed by atoms with Gasteiger partial charge in [-0.25, -0.2) is 4.79 Å². The SMILES string of the molecule is NCCc1cccc2c1C(=O)N(C1CCC(=O)NC1=O)C2=O.O=C(O)C(F)(F)F. The Hall–Kier alpha value is -3.28. The molecule has 1 unspecified atom stereocenters. The highest BCUT2D eigenvalue weighted by Gasteiger charge is 2.45. The first kappa shape index (κ1) is 22.0. The standard InChI is InChI=1S/C15H15N3O4.C2HF3O2/c16-7-6-8-2-1-3-9-12(8)15(22)18(14(9)21)10-4-5-11(19)17-13(10)20;3-2(4,5)1(6)7/h1-3,10H,4-7,16H2,(H,17,19,20);(H,6,7). The first-order chi connectivity index (χ1) is 13.5. The summed E-state index contributed by atoms with van der Waals surface area (Å²) >= 11 is 0. The molecule has 1 aromatic carbocycles. The van der Waals surface area contributed by atoms with E-state index in [1.165, 1.54) is 0 Å². The molecule has 2 heterocycles. The second-order valence-electron chi connectivity index (χ2n) is 6.13. The molecule has 4 amide bonds. The lowest BCUT2D eigenvalue weighted by Crippen LogP contribution is -2.54. The molecule has 9 nitrogen and oxygen atoms in total. The molecule has 29 heavy (non-hydrogen) atoms. The first-order valence-corrected chi connectivity index (χ1v) is 8.32. The third-order valence-electron chi connectivity index (χ3n) is 4.21. The van der Waals surface area contributed by atoms with Crippen molar-refractivity contribution in [3.8, 4) is 0 Å². The second kappa shape index (κ2) is 8.39. The normalized spacial score (nSPS) is 18.8. The molecule has 0 spiro atoms. The zero-order valence-corrected chi connectivity index (χ0v) is 14.8. The van der Waals surface area contributed by atoms with Crippen LogP contribution in [0.2, 0.25) is 0 Å². The summed E-state index contributed by atoms with van der Waals surface area (Å²) in [6.45, 7) is 0.357. The monoisotopic (exact) mass is 415 g/mol. The molecule has 1 saturated heterocycles. The van der Waals surface area contributed by atoms with Crippen LogP contribution in [0.3, 0.4) is 0 Å². The highest BCUT2D eigenvalue weighted by Crippen LogP contribution is 2.29. The summed E-state index contributed by atoms with van der Waals surface area (Å²) < 4.78 is 31.7. The van der Waals surface area contributed by atoms with Crippen LogP contribution in [-0.4, -0.2) is 58.4 Å². The molecule has 0 aliphatic carbocycles. The number of amides is 4. The Bertz CT molecular complexity index is 884. The molecule has 2 aliphatic rings. The van der Waals surface area contributed by atoms with Gasteiger partial charge in [0, 0.05) is 6.42 Å². The molecule has 0 saturated carbocycles. The number of imide groups is 2. The number of alkyl halides is 3. The minimum absolute atomic E-state index is 0.111. The predicted molar refractivity (Wildman–Crippen MR) is 89.6 cm³/mol. The Morgan fingerprint density at radius 2 is 1.83 bits per heavy atom. The van der Waals surface area contributed by atoms with E-state index in [4.69, 9.17) is 15.6 Å². The molecule has 1 atom stereocenters. The highest BCUT2D eigenvalue weighted by atomic mass is 19.4. The number of halogens is 3. The van der Waals surface area contributed by atoms with Gasteiger partial charge in [-0.3, -0.25) is 29.4 Å². The van der Waals surface area contributed by atoms with Crippen molar-refractivity contribution < 1.29 is 42.3 Å². The van der Waals surface area contributed by atoms with E-state index in [-0.39, 0.29) is 18.7 Å². The lowest BCUT2D eigenvalue weighted by Gasteiger charge is -2.27. The highest BCUT2D eigenvalue weighted by molar-refractivity contribution is 6.24. The molecule has 3 rings (SSSR count). The molecule has 0 bridgehead atoms. The Labute approximate surface area is 161 Å². The summed E-state index contributed by atoms with van der Waals surface area (Å²) in [4.78, 5) is 58.2. The van der Waals surface area contributed by atoms with Crippen molar-refractivity contribution in [1.29, 1.82) is 0 Å². The fourth-order valence-electron chi connectivity index (χ4n) is 2.95. The molecule has 0 radical (unpaired) electrons. The van der Waals surface area contributed by atoms with E-state index >= 15 is 0 Å². The number of piperidine rings is 1. The molecule has 156 valence electrons. The Balaban J connectivity index is 0.000000370. The van der Waals surface area contributed by atoms with Gasteiger partial charge in [-0.2, -0.15) is 13.2 Å². The summed E-state index contributed by atoms with van der Waals surface area (Å²) in [5, 5.41) is 9.29. The zero-order valence-electron chi connectivity index (χ0n) is 14.8. The van der Waals surface area contributed by atoms with Gasteiger partial charge < -0.3 is 10.8 Å². The fourth-order valence-corrected chi connectivity index (χ4v) is 2.95. The molecular weight excluding hydrogens is 399 g/mol. The Morgan fingerprint density at radius 1 is 1.21 bits per heavy atom. The quantitative estimate of drug-likeness (QED) is 0.599. The van der Waals surface area contributed by atoms with E-state index in [1.54, 1.807) is 18.2 Å². The molecule has 2 aliphatic heterocycles. The molecule has 4 N–H and O–H groups in total. The number of benzene rings is 1. The van der Waals surface area contributed by atoms with Crippen LogP contribution in [0, 0.1) is 0 Å². The minimum atomic E-state index is -5.08. The van der Waals surface area contributed by atoms with Crippen LogP contribution in [0.4, 0.5) is 13.2 Å². The summed E-state index contributed by atoms with van der Waals surface area (Å²) in [6, 6.07) is 4.09. The number of carboxylic acids is 1. The summed E-state index contributed by atoms with van der Waals surface area (Å²) in [5.74, 6) is -4.73. The van der Waals surface area contributed by atoms with Crippen LogP contribution in [0.5, 0.6) is 0 Å². The topological polar surface area (TPSA) is 147 Å². The third kappa shape index (κ3) is 4.59. The number of hydrogen-bond donors (Lipinski definition) is 3. The number of carbonyl (C=O) groups is 5. The Morgan fingerprint density at radius 3 is 2.34 bits per heavy atom. The van der Waals surface area contributed by atoms with Gasteiger partial charge in [-0.1, -0.05) is 12.1 Å². The van der Waals surface area contributed by atoms with Crippen molar-refractivity contribution in [2.45, 2.75) is 31.5 Å². The van der Waals surface area contributed by atoms with Crippen molar-refractivity contribution in [3.05, 3.63) is 34.9 Å². The van der Waals surface area contributed by atoms with Gasteiger partial charge in [-0.15, -0.1) is 0 Å². The van der Waals surface area contributed by atoms with Gasteiger partial charge in [0.15, 0.2) is 0 Å². The van der Waals surface area contributed by atoms with Crippen molar-refractivity contribution in [2.75, 3.05) is 6.54 Å². The number of nitrogens with two attached hydrogens (primary N) is 1. The van der Waals surface area contributed by atoms with Crippen molar-refractivity contribution in [1.82, 2.24) is 10.2 Å². The second-order valence-corrected chi connectivity index (χ2v) is 6.13. The van der Waals surface area contributed by atoms with Crippen molar-refractivity contribution in [2.24, 2.45) is 5.73 Å². The predicted octanol–water partition coefficient (Wildman–Crippen LogP) is 0.222. The van der Waals surface area contributed by atoms with Crippen LogP contribution in [-0.2, 0) is 20.8 Å². The number of rotatable bonds is 3. The van der Waals surface area contributed by atoms with E-state index in [9.17, 15) is 32.3 Å².